The second kappa shape index (κ2) is 10.2. The van der Waals surface area contributed by atoms with Crippen LogP contribution in [0.4, 0.5) is 20.3 Å². The Hall–Kier alpha value is -4.74. The maximum Gasteiger partial charge on any atom is 0.252 e. The van der Waals surface area contributed by atoms with Crippen LogP contribution in [0.3, 0.4) is 0 Å². The van der Waals surface area contributed by atoms with E-state index in [-0.39, 0.29) is 23.2 Å². The molecule has 2 aromatic heterocycles. The molecule has 0 aliphatic heterocycles. The van der Waals surface area contributed by atoms with Gasteiger partial charge in [-0.2, -0.15) is 4.39 Å². The van der Waals surface area contributed by atoms with Gasteiger partial charge in [0.05, 0.1) is 31.1 Å². The normalized spacial score (nSPS) is 13.6. The molecule has 1 fully saturated rings. The molecule has 1 saturated carbocycles. The molecule has 6 N–H and O–H groups in total. The molecule has 0 unspecified atom stereocenters. The number of fused-ring (bicyclic) bond motifs is 1. The van der Waals surface area contributed by atoms with Crippen molar-refractivity contribution in [2.45, 2.75) is 31.7 Å². The predicted octanol–water partition coefficient (Wildman–Crippen LogP) is 3.52. The first kappa shape index (κ1) is 25.9. The van der Waals surface area contributed by atoms with Gasteiger partial charge in [-0.3, -0.25) is 14.2 Å². The smallest absolute Gasteiger partial charge is 0.252 e. The number of methoxy groups -OCH3 is 1. The number of nitrogens with one attached hydrogen (secondary N) is 2. The van der Waals surface area contributed by atoms with Gasteiger partial charge in [-0.05, 0) is 55.2 Å². The Balaban J connectivity index is 1.40. The van der Waals surface area contributed by atoms with Gasteiger partial charge in [-0.15, -0.1) is 0 Å². The Morgan fingerprint density at radius 2 is 1.97 bits per heavy atom. The summed E-state index contributed by atoms with van der Waals surface area (Å²) in [6.45, 7) is 2.31. The summed E-state index contributed by atoms with van der Waals surface area (Å²) in [6.07, 6.45) is 6.84. The summed E-state index contributed by atoms with van der Waals surface area (Å²) in [5, 5.41) is 6.30. The number of hydrogen-bond acceptors (Lipinski definition) is 6. The predicted molar refractivity (Wildman–Crippen MR) is 144 cm³/mol. The highest BCUT2D eigenvalue weighted by atomic mass is 19.2. The number of anilines is 2. The molecular weight excluding hydrogens is 506 g/mol. The van der Waals surface area contributed by atoms with E-state index in [1.54, 1.807) is 22.7 Å². The zero-order valence-corrected chi connectivity index (χ0v) is 21.5. The number of halogens is 2. The van der Waals surface area contributed by atoms with E-state index in [2.05, 4.69) is 25.6 Å². The van der Waals surface area contributed by atoms with Crippen molar-refractivity contribution in [3.05, 3.63) is 71.7 Å². The van der Waals surface area contributed by atoms with Crippen LogP contribution < -0.4 is 26.8 Å². The fourth-order valence-corrected chi connectivity index (χ4v) is 4.44. The van der Waals surface area contributed by atoms with Crippen LogP contribution in [-0.2, 0) is 6.42 Å². The van der Waals surface area contributed by atoms with Gasteiger partial charge >= 0.3 is 0 Å². The molecule has 4 aromatic rings. The van der Waals surface area contributed by atoms with E-state index in [1.807, 2.05) is 13.0 Å². The Bertz CT molecular complexity index is 1590. The molecule has 0 atom stereocenters. The van der Waals surface area contributed by atoms with E-state index in [4.69, 9.17) is 16.2 Å². The second-order valence-electron chi connectivity index (χ2n) is 9.38. The summed E-state index contributed by atoms with van der Waals surface area (Å²) in [4.78, 5) is 25.9. The molecule has 1 aliphatic rings. The lowest BCUT2D eigenvalue weighted by atomic mass is 10.0. The van der Waals surface area contributed by atoms with Crippen LogP contribution in [-0.4, -0.2) is 45.4 Å². The summed E-state index contributed by atoms with van der Waals surface area (Å²) in [5.41, 5.74) is 13.4. The topological polar surface area (TPSA) is 145 Å². The number of nitrogens with zero attached hydrogens (tertiary/aromatic N) is 4. The summed E-state index contributed by atoms with van der Waals surface area (Å²) >= 11 is 0. The molecule has 5 rings (SSSR count). The molecular formula is C27H28F2N8O2. The van der Waals surface area contributed by atoms with Crippen LogP contribution in [0.2, 0.25) is 0 Å². The Kier molecular flexibility index (Phi) is 6.77. The van der Waals surface area contributed by atoms with Crippen molar-refractivity contribution in [3.8, 4) is 17.0 Å². The number of amides is 1. The number of carbonyl (C=O) groups excluding carboxylic acids is 1. The van der Waals surface area contributed by atoms with Crippen molar-refractivity contribution in [2.75, 3.05) is 19.0 Å². The van der Waals surface area contributed by atoms with Crippen LogP contribution in [0.25, 0.3) is 16.9 Å². The molecule has 10 nitrogen and oxygen atoms in total. The third kappa shape index (κ3) is 5.05. The van der Waals surface area contributed by atoms with Crippen LogP contribution >= 0.6 is 0 Å². The van der Waals surface area contributed by atoms with Gasteiger partial charge in [0.25, 0.3) is 5.91 Å². The lowest BCUT2D eigenvalue weighted by Gasteiger charge is -2.17. The standard InChI is InChI=1S/C27H28F2N8O2/c1-3-15-12-16(4-5-17(15)25(38)36-27(8-9-27)14-34-26(30)31)35-23-24-33-13-19(37(24)11-10-32-23)18-6-7-20(39-2)22(29)21(18)28/h4-7,10-13H,3,8-9,14H2,1-2H3,(H,32,35)(H,36,38)(H4,30,31,34). The van der Waals surface area contributed by atoms with E-state index in [0.717, 1.165) is 18.4 Å². The minimum absolute atomic E-state index is 0.00489. The molecule has 0 saturated heterocycles. The minimum atomic E-state index is -1.07. The lowest BCUT2D eigenvalue weighted by Crippen LogP contribution is -2.40. The molecule has 1 aliphatic carbocycles. The second-order valence-corrected chi connectivity index (χ2v) is 9.38. The van der Waals surface area contributed by atoms with E-state index in [0.29, 0.717) is 41.4 Å². The Morgan fingerprint density at radius 3 is 2.67 bits per heavy atom. The fraction of sp³-hybridized carbons (Fsp3) is 0.259. The van der Waals surface area contributed by atoms with Gasteiger partial charge in [-0.25, -0.2) is 14.4 Å². The molecule has 0 bridgehead atoms. The average molecular weight is 535 g/mol. The first-order valence-corrected chi connectivity index (χ1v) is 12.4. The first-order chi connectivity index (χ1) is 18.7. The van der Waals surface area contributed by atoms with Gasteiger partial charge in [0.15, 0.2) is 29.0 Å². The molecule has 2 aromatic carbocycles. The average Bonchev–Trinajstić information content (AvgIpc) is 3.56. The van der Waals surface area contributed by atoms with Crippen LogP contribution in [0.5, 0.6) is 5.75 Å². The van der Waals surface area contributed by atoms with Crippen molar-refractivity contribution in [3.63, 3.8) is 0 Å². The number of nitrogens with two attached hydrogens (primary N) is 2. The zero-order valence-electron chi connectivity index (χ0n) is 21.5. The maximum absolute atomic E-state index is 14.8. The number of hydrogen-bond donors (Lipinski definition) is 4. The van der Waals surface area contributed by atoms with Gasteiger partial charge in [0, 0.05) is 29.2 Å². The van der Waals surface area contributed by atoms with Crippen molar-refractivity contribution in [2.24, 2.45) is 16.5 Å². The molecule has 39 heavy (non-hydrogen) atoms. The maximum atomic E-state index is 14.8. The van der Waals surface area contributed by atoms with Gasteiger partial charge in [-0.1, -0.05) is 6.92 Å². The highest BCUT2D eigenvalue weighted by molar-refractivity contribution is 5.97. The summed E-state index contributed by atoms with van der Waals surface area (Å²) in [6, 6.07) is 8.20. The highest BCUT2D eigenvalue weighted by Crippen LogP contribution is 2.36. The van der Waals surface area contributed by atoms with E-state index >= 15 is 0 Å². The largest absolute Gasteiger partial charge is 0.494 e. The van der Waals surface area contributed by atoms with Crippen molar-refractivity contribution in [1.29, 1.82) is 0 Å². The number of aryl methyl sites for hydroxylation is 1. The van der Waals surface area contributed by atoms with Crippen LogP contribution in [0, 0.1) is 11.6 Å². The van der Waals surface area contributed by atoms with Gasteiger partial charge in [0.2, 0.25) is 5.82 Å². The van der Waals surface area contributed by atoms with E-state index in [9.17, 15) is 13.6 Å². The van der Waals surface area contributed by atoms with E-state index < -0.39 is 17.2 Å². The molecule has 0 radical (unpaired) electrons. The number of benzene rings is 2. The lowest BCUT2D eigenvalue weighted by molar-refractivity contribution is 0.0932. The fourth-order valence-electron chi connectivity index (χ4n) is 4.44. The molecule has 202 valence electrons. The monoisotopic (exact) mass is 534 g/mol. The number of carbonyl (C=O) groups is 1. The number of aliphatic imine (C=N–C) groups is 1. The molecule has 12 heteroatoms. The minimum Gasteiger partial charge on any atom is -0.494 e. The number of guanidine groups is 1. The SMILES string of the molecule is CCc1cc(Nc2nccn3c(-c4ccc(OC)c(F)c4F)cnc23)ccc1C(=O)NC1(CN=C(N)N)CC1. The highest BCUT2D eigenvalue weighted by Gasteiger charge is 2.44. The van der Waals surface area contributed by atoms with Crippen molar-refractivity contribution in [1.82, 2.24) is 19.7 Å². The van der Waals surface area contributed by atoms with Crippen molar-refractivity contribution >= 4 is 29.0 Å². The summed E-state index contributed by atoms with van der Waals surface area (Å²) in [5.74, 6) is -2.07. The van der Waals surface area contributed by atoms with E-state index in [1.165, 1.54) is 31.6 Å². The number of rotatable bonds is 9. The number of ether oxygens (including phenoxy) is 1. The zero-order chi connectivity index (χ0) is 27.7. The number of aromatic nitrogens is 3. The summed E-state index contributed by atoms with van der Waals surface area (Å²) < 4.78 is 35.6. The molecule has 0 spiro atoms. The number of imidazole rings is 1. The van der Waals surface area contributed by atoms with Crippen LogP contribution in [0.15, 0.2) is 53.9 Å². The van der Waals surface area contributed by atoms with Gasteiger partial charge < -0.3 is 26.8 Å². The first-order valence-electron chi connectivity index (χ1n) is 12.4. The van der Waals surface area contributed by atoms with Crippen LogP contribution in [0.1, 0.15) is 35.7 Å². The van der Waals surface area contributed by atoms with Gasteiger partial charge in [0.1, 0.15) is 0 Å². The third-order valence-electron chi connectivity index (χ3n) is 6.76. The molecule has 2 heterocycles. The quantitative estimate of drug-likeness (QED) is 0.190. The Morgan fingerprint density at radius 1 is 1.18 bits per heavy atom. The Labute approximate surface area is 223 Å². The van der Waals surface area contributed by atoms with Crippen molar-refractivity contribution < 1.29 is 18.3 Å². The summed E-state index contributed by atoms with van der Waals surface area (Å²) in [7, 11) is 1.27. The third-order valence-corrected chi connectivity index (χ3v) is 6.76. The molecule has 1 amide bonds.